The monoisotopic (exact) mass is 264 g/mol. The summed E-state index contributed by atoms with van der Waals surface area (Å²) in [5.74, 6) is -0.387. The van der Waals surface area contributed by atoms with Gasteiger partial charge in [0.25, 0.3) is 0 Å². The molecule has 1 aliphatic rings. The van der Waals surface area contributed by atoms with Crippen molar-refractivity contribution in [2.24, 2.45) is 0 Å². The molecule has 1 amide bonds. The molecule has 1 aliphatic heterocycles. The van der Waals surface area contributed by atoms with Crippen LogP contribution < -0.4 is 5.32 Å². The van der Waals surface area contributed by atoms with Gasteiger partial charge in [0.2, 0.25) is 5.91 Å². The summed E-state index contributed by atoms with van der Waals surface area (Å²) < 4.78 is 13.2. The van der Waals surface area contributed by atoms with Crippen LogP contribution in [0.3, 0.4) is 0 Å². The Morgan fingerprint density at radius 3 is 2.68 bits per heavy atom. The summed E-state index contributed by atoms with van der Waals surface area (Å²) >= 11 is 0. The van der Waals surface area contributed by atoms with Crippen LogP contribution in [0.1, 0.15) is 31.7 Å². The lowest BCUT2D eigenvalue weighted by Gasteiger charge is -2.31. The highest BCUT2D eigenvalue weighted by Crippen LogP contribution is 2.18. The molecule has 0 saturated carbocycles. The molecule has 4 heteroatoms. The van der Waals surface area contributed by atoms with Gasteiger partial charge in [-0.2, -0.15) is 0 Å². The second-order valence-corrected chi connectivity index (χ2v) is 5.22. The fraction of sp³-hybridized carbons (Fsp3) is 0.533. The molecule has 1 saturated heterocycles. The summed E-state index contributed by atoms with van der Waals surface area (Å²) in [6.45, 7) is 5.71. The molecule has 1 N–H and O–H groups in total. The standard InChI is InChI=1S/C15H21FN2O/c1-11-6-7-13(16)10-14(11)17-15(19)12(2)18-8-4-3-5-9-18/h6-7,10,12H,3-5,8-9H2,1-2H3,(H,17,19). The predicted octanol–water partition coefficient (Wildman–Crippen LogP) is 2.95. The van der Waals surface area contributed by atoms with E-state index >= 15 is 0 Å². The smallest absolute Gasteiger partial charge is 0.241 e. The number of hydrogen-bond donors (Lipinski definition) is 1. The van der Waals surface area contributed by atoms with Crippen molar-refractivity contribution in [2.45, 2.75) is 39.2 Å². The van der Waals surface area contributed by atoms with Gasteiger partial charge in [0, 0.05) is 5.69 Å². The van der Waals surface area contributed by atoms with Crippen molar-refractivity contribution in [3.05, 3.63) is 29.6 Å². The van der Waals surface area contributed by atoms with Gasteiger partial charge in [-0.05, 0) is 57.5 Å². The number of carbonyl (C=O) groups is 1. The van der Waals surface area contributed by atoms with Crippen molar-refractivity contribution in [3.63, 3.8) is 0 Å². The maximum atomic E-state index is 13.2. The van der Waals surface area contributed by atoms with Crippen LogP contribution in [0.4, 0.5) is 10.1 Å². The number of nitrogens with one attached hydrogen (secondary N) is 1. The highest BCUT2D eigenvalue weighted by atomic mass is 19.1. The summed E-state index contributed by atoms with van der Waals surface area (Å²) in [7, 11) is 0. The largest absolute Gasteiger partial charge is 0.324 e. The molecule has 1 aromatic carbocycles. The number of amides is 1. The molecule has 3 nitrogen and oxygen atoms in total. The normalized spacial score (nSPS) is 18.1. The van der Waals surface area contributed by atoms with E-state index in [1.165, 1.54) is 18.6 Å². The first-order chi connectivity index (χ1) is 9.08. The first kappa shape index (κ1) is 14.0. The number of carbonyl (C=O) groups excluding carboxylic acids is 1. The van der Waals surface area contributed by atoms with E-state index in [0.717, 1.165) is 31.5 Å². The third-order valence-electron chi connectivity index (χ3n) is 3.78. The molecule has 1 aromatic rings. The van der Waals surface area contributed by atoms with Crippen LogP contribution in [-0.4, -0.2) is 29.9 Å². The second-order valence-electron chi connectivity index (χ2n) is 5.22. The minimum absolute atomic E-state index is 0.0596. The summed E-state index contributed by atoms with van der Waals surface area (Å²) in [5, 5.41) is 2.83. The topological polar surface area (TPSA) is 32.3 Å². The van der Waals surface area contributed by atoms with Crippen LogP contribution in [0.15, 0.2) is 18.2 Å². The van der Waals surface area contributed by atoms with Crippen molar-refractivity contribution in [1.82, 2.24) is 4.90 Å². The number of piperidine rings is 1. The molecular weight excluding hydrogens is 243 g/mol. The van der Waals surface area contributed by atoms with E-state index in [0.29, 0.717) is 5.69 Å². The van der Waals surface area contributed by atoms with Gasteiger partial charge in [-0.15, -0.1) is 0 Å². The van der Waals surface area contributed by atoms with Gasteiger partial charge in [-0.1, -0.05) is 12.5 Å². The quantitative estimate of drug-likeness (QED) is 0.910. The van der Waals surface area contributed by atoms with Crippen LogP contribution in [0.2, 0.25) is 0 Å². The van der Waals surface area contributed by atoms with Crippen LogP contribution in [-0.2, 0) is 4.79 Å². The van der Waals surface area contributed by atoms with E-state index in [-0.39, 0.29) is 17.8 Å². The molecule has 1 fully saturated rings. The number of aryl methyl sites for hydroxylation is 1. The lowest BCUT2D eigenvalue weighted by Crippen LogP contribution is -2.44. The Balaban J connectivity index is 2.01. The average Bonchev–Trinajstić information content (AvgIpc) is 2.43. The first-order valence-corrected chi connectivity index (χ1v) is 6.89. The minimum Gasteiger partial charge on any atom is -0.324 e. The Labute approximate surface area is 113 Å². The number of hydrogen-bond acceptors (Lipinski definition) is 2. The zero-order valence-electron chi connectivity index (χ0n) is 11.6. The van der Waals surface area contributed by atoms with E-state index in [1.807, 2.05) is 13.8 Å². The molecule has 2 rings (SSSR count). The third kappa shape index (κ3) is 3.53. The summed E-state index contributed by atoms with van der Waals surface area (Å²) in [5.41, 5.74) is 1.44. The fourth-order valence-electron chi connectivity index (χ4n) is 2.44. The summed E-state index contributed by atoms with van der Waals surface area (Å²) in [6.07, 6.45) is 3.54. The average molecular weight is 264 g/mol. The summed E-state index contributed by atoms with van der Waals surface area (Å²) in [4.78, 5) is 14.4. The van der Waals surface area contributed by atoms with E-state index in [2.05, 4.69) is 10.2 Å². The van der Waals surface area contributed by atoms with Crippen molar-refractivity contribution in [1.29, 1.82) is 0 Å². The zero-order chi connectivity index (χ0) is 13.8. The second kappa shape index (κ2) is 6.15. The molecule has 0 aromatic heterocycles. The van der Waals surface area contributed by atoms with Gasteiger partial charge in [0.05, 0.1) is 6.04 Å². The molecule has 1 unspecified atom stereocenters. The lowest BCUT2D eigenvalue weighted by molar-refractivity contribution is -0.121. The lowest BCUT2D eigenvalue weighted by atomic mass is 10.1. The predicted molar refractivity (Wildman–Crippen MR) is 74.7 cm³/mol. The van der Waals surface area contributed by atoms with Gasteiger partial charge in [0.15, 0.2) is 0 Å². The van der Waals surface area contributed by atoms with Crippen molar-refractivity contribution >= 4 is 11.6 Å². The molecule has 0 aliphatic carbocycles. The molecule has 1 heterocycles. The number of benzene rings is 1. The molecule has 104 valence electrons. The minimum atomic E-state index is -0.327. The van der Waals surface area contributed by atoms with E-state index in [1.54, 1.807) is 6.07 Å². The van der Waals surface area contributed by atoms with Crippen LogP contribution in [0.25, 0.3) is 0 Å². The van der Waals surface area contributed by atoms with Crippen LogP contribution in [0.5, 0.6) is 0 Å². The van der Waals surface area contributed by atoms with Crippen molar-refractivity contribution < 1.29 is 9.18 Å². The first-order valence-electron chi connectivity index (χ1n) is 6.89. The molecule has 0 spiro atoms. The molecular formula is C15H21FN2O. The Bertz CT molecular complexity index is 455. The van der Waals surface area contributed by atoms with E-state index in [9.17, 15) is 9.18 Å². The Kier molecular flexibility index (Phi) is 4.53. The number of anilines is 1. The Morgan fingerprint density at radius 2 is 2.00 bits per heavy atom. The highest BCUT2D eigenvalue weighted by molar-refractivity contribution is 5.95. The zero-order valence-corrected chi connectivity index (χ0v) is 11.6. The third-order valence-corrected chi connectivity index (χ3v) is 3.78. The van der Waals surface area contributed by atoms with E-state index in [4.69, 9.17) is 0 Å². The number of likely N-dealkylation sites (tertiary alicyclic amines) is 1. The molecule has 0 bridgehead atoms. The van der Waals surface area contributed by atoms with Crippen molar-refractivity contribution in [2.75, 3.05) is 18.4 Å². The summed E-state index contributed by atoms with van der Waals surface area (Å²) in [6, 6.07) is 4.29. The number of nitrogens with zero attached hydrogens (tertiary/aromatic N) is 1. The van der Waals surface area contributed by atoms with Crippen LogP contribution >= 0.6 is 0 Å². The van der Waals surface area contributed by atoms with Gasteiger partial charge in [-0.3, -0.25) is 9.69 Å². The number of halogens is 1. The Hall–Kier alpha value is -1.42. The number of rotatable bonds is 3. The SMILES string of the molecule is Cc1ccc(F)cc1NC(=O)C(C)N1CCCCC1. The van der Waals surface area contributed by atoms with Gasteiger partial charge < -0.3 is 5.32 Å². The Morgan fingerprint density at radius 1 is 1.32 bits per heavy atom. The maximum Gasteiger partial charge on any atom is 0.241 e. The fourth-order valence-corrected chi connectivity index (χ4v) is 2.44. The molecule has 19 heavy (non-hydrogen) atoms. The molecule has 0 radical (unpaired) electrons. The van der Waals surface area contributed by atoms with Gasteiger partial charge in [-0.25, -0.2) is 4.39 Å². The highest BCUT2D eigenvalue weighted by Gasteiger charge is 2.23. The van der Waals surface area contributed by atoms with Crippen molar-refractivity contribution in [3.8, 4) is 0 Å². The van der Waals surface area contributed by atoms with Gasteiger partial charge in [0.1, 0.15) is 5.82 Å². The van der Waals surface area contributed by atoms with Gasteiger partial charge >= 0.3 is 0 Å². The van der Waals surface area contributed by atoms with E-state index < -0.39 is 0 Å². The van der Waals surface area contributed by atoms with Crippen LogP contribution in [0, 0.1) is 12.7 Å². The molecule has 1 atom stereocenters. The maximum absolute atomic E-state index is 13.2.